The summed E-state index contributed by atoms with van der Waals surface area (Å²) in [4.78, 5) is 13.9. The van der Waals surface area contributed by atoms with Gasteiger partial charge in [0.05, 0.1) is 11.4 Å². The van der Waals surface area contributed by atoms with Crippen LogP contribution in [0.25, 0.3) is 0 Å². The fourth-order valence-electron chi connectivity index (χ4n) is 2.72. The zero-order valence-electron chi connectivity index (χ0n) is 14.9. The number of amides is 1. The van der Waals surface area contributed by atoms with Crippen LogP contribution in [0.15, 0.2) is 29.2 Å². The van der Waals surface area contributed by atoms with Crippen molar-refractivity contribution in [1.82, 2.24) is 14.5 Å². The van der Waals surface area contributed by atoms with Crippen LogP contribution in [0, 0.1) is 0 Å². The van der Waals surface area contributed by atoms with Gasteiger partial charge < -0.3 is 10.2 Å². The molecule has 1 heterocycles. The Hall–Kier alpha value is -1.44. The third-order valence-electron chi connectivity index (χ3n) is 4.28. The van der Waals surface area contributed by atoms with Gasteiger partial charge in [-0.05, 0) is 30.2 Å². The Morgan fingerprint density at radius 1 is 1.08 bits per heavy atom. The lowest BCUT2D eigenvalue weighted by Crippen LogP contribution is -2.52. The molecule has 0 aliphatic carbocycles. The molecule has 2 rings (SSSR count). The first-order valence-corrected chi connectivity index (χ1v) is 9.63. The second kappa shape index (κ2) is 7.21. The van der Waals surface area contributed by atoms with Gasteiger partial charge in [0.25, 0.3) is 0 Å². The highest BCUT2D eigenvalue weighted by Crippen LogP contribution is 2.25. The van der Waals surface area contributed by atoms with E-state index in [0.717, 1.165) is 5.56 Å². The van der Waals surface area contributed by atoms with Gasteiger partial charge in [-0.15, -0.1) is 0 Å². The van der Waals surface area contributed by atoms with E-state index in [9.17, 15) is 13.2 Å². The largest absolute Gasteiger partial charge is 0.339 e. The van der Waals surface area contributed by atoms with Crippen LogP contribution in [0.2, 0.25) is 0 Å². The zero-order chi connectivity index (χ0) is 18.0. The van der Waals surface area contributed by atoms with Crippen molar-refractivity contribution in [1.29, 1.82) is 0 Å². The lowest BCUT2D eigenvalue weighted by atomic mass is 9.87. The van der Waals surface area contributed by atoms with Gasteiger partial charge >= 0.3 is 0 Å². The minimum Gasteiger partial charge on any atom is -0.339 e. The second-order valence-electron chi connectivity index (χ2n) is 7.09. The van der Waals surface area contributed by atoms with Gasteiger partial charge in [0, 0.05) is 26.2 Å². The molecule has 1 aromatic carbocycles. The predicted molar refractivity (Wildman–Crippen MR) is 94.4 cm³/mol. The van der Waals surface area contributed by atoms with Crippen LogP contribution in [0.3, 0.4) is 0 Å². The number of piperazine rings is 1. The molecule has 1 amide bonds. The summed E-state index contributed by atoms with van der Waals surface area (Å²) >= 11 is 0. The number of carbonyl (C=O) groups excluding carboxylic acids is 1. The first-order chi connectivity index (χ1) is 11.2. The summed E-state index contributed by atoms with van der Waals surface area (Å²) in [6, 6.07) is 7.10. The standard InChI is InChI=1S/C17H27N3O3S/c1-17(2,3)14-5-7-15(8-6-14)24(22,23)20-11-9-19(10-12-20)16(21)13-18-4/h5-8,18H,9-13H2,1-4H3. The molecule has 7 heteroatoms. The second-order valence-corrected chi connectivity index (χ2v) is 9.03. The summed E-state index contributed by atoms with van der Waals surface area (Å²) in [5, 5.41) is 2.83. The lowest BCUT2D eigenvalue weighted by molar-refractivity contribution is -0.131. The van der Waals surface area contributed by atoms with Crippen molar-refractivity contribution < 1.29 is 13.2 Å². The Kier molecular flexibility index (Phi) is 5.67. The number of carbonyl (C=O) groups is 1. The van der Waals surface area contributed by atoms with Crippen molar-refractivity contribution in [3.8, 4) is 0 Å². The molecule has 6 nitrogen and oxygen atoms in total. The maximum Gasteiger partial charge on any atom is 0.243 e. The fourth-order valence-corrected chi connectivity index (χ4v) is 4.14. The quantitative estimate of drug-likeness (QED) is 0.878. The van der Waals surface area contributed by atoms with Crippen molar-refractivity contribution >= 4 is 15.9 Å². The molecule has 0 unspecified atom stereocenters. The van der Waals surface area contributed by atoms with E-state index < -0.39 is 10.0 Å². The molecular weight excluding hydrogens is 326 g/mol. The van der Waals surface area contributed by atoms with E-state index >= 15 is 0 Å². The smallest absolute Gasteiger partial charge is 0.243 e. The van der Waals surface area contributed by atoms with Gasteiger partial charge in [-0.1, -0.05) is 32.9 Å². The third kappa shape index (κ3) is 4.15. The molecule has 24 heavy (non-hydrogen) atoms. The molecule has 0 aromatic heterocycles. The minimum absolute atomic E-state index is 0.00378. The summed E-state index contributed by atoms with van der Waals surface area (Å²) < 4.78 is 27.0. The van der Waals surface area contributed by atoms with Gasteiger partial charge in [-0.2, -0.15) is 4.31 Å². The Labute approximate surface area is 144 Å². The Morgan fingerprint density at radius 3 is 2.08 bits per heavy atom. The van der Waals surface area contributed by atoms with Crippen LogP contribution in [-0.4, -0.2) is 63.3 Å². The molecule has 0 saturated carbocycles. The summed E-state index contributed by atoms with van der Waals surface area (Å²) in [6.07, 6.45) is 0. The van der Waals surface area contributed by atoms with E-state index in [0.29, 0.717) is 31.1 Å². The Morgan fingerprint density at radius 2 is 1.62 bits per heavy atom. The van der Waals surface area contributed by atoms with Gasteiger partial charge in [-0.25, -0.2) is 8.42 Å². The zero-order valence-corrected chi connectivity index (χ0v) is 15.7. The third-order valence-corrected chi connectivity index (χ3v) is 6.19. The minimum atomic E-state index is -3.51. The molecule has 0 radical (unpaired) electrons. The lowest BCUT2D eigenvalue weighted by Gasteiger charge is -2.34. The SMILES string of the molecule is CNCC(=O)N1CCN(S(=O)(=O)c2ccc(C(C)(C)C)cc2)CC1. The summed E-state index contributed by atoms with van der Waals surface area (Å²) in [7, 11) is -1.78. The number of likely N-dealkylation sites (N-methyl/N-ethyl adjacent to an activating group) is 1. The van der Waals surface area contributed by atoms with Crippen LogP contribution in [-0.2, 0) is 20.2 Å². The number of hydrogen-bond donors (Lipinski definition) is 1. The highest BCUT2D eigenvalue weighted by atomic mass is 32.2. The van der Waals surface area contributed by atoms with E-state index in [1.165, 1.54) is 4.31 Å². The number of nitrogens with zero attached hydrogens (tertiary/aromatic N) is 2. The van der Waals surface area contributed by atoms with Gasteiger partial charge in [0.15, 0.2) is 0 Å². The van der Waals surface area contributed by atoms with Crippen LogP contribution in [0.5, 0.6) is 0 Å². The summed E-state index contributed by atoms with van der Waals surface area (Å²) in [6.45, 7) is 8.09. The van der Waals surface area contributed by atoms with Crippen molar-refractivity contribution in [2.45, 2.75) is 31.1 Å². The Bertz CT molecular complexity index is 670. The average molecular weight is 353 g/mol. The monoisotopic (exact) mass is 353 g/mol. The molecule has 1 aromatic rings. The molecule has 0 atom stereocenters. The maximum atomic E-state index is 12.8. The van der Waals surface area contributed by atoms with Gasteiger partial charge in [0.2, 0.25) is 15.9 Å². The maximum absolute atomic E-state index is 12.8. The molecule has 134 valence electrons. The molecule has 1 aliphatic heterocycles. The summed E-state index contributed by atoms with van der Waals surface area (Å²) in [5.74, 6) is 0.00378. The number of benzene rings is 1. The highest BCUT2D eigenvalue weighted by Gasteiger charge is 2.30. The van der Waals surface area contributed by atoms with Crippen molar-refractivity contribution in [3.05, 3.63) is 29.8 Å². The van der Waals surface area contributed by atoms with Crippen molar-refractivity contribution in [2.75, 3.05) is 39.8 Å². The van der Waals surface area contributed by atoms with Crippen LogP contribution in [0.1, 0.15) is 26.3 Å². The summed E-state index contributed by atoms with van der Waals surface area (Å²) in [5.41, 5.74) is 1.09. The Balaban J connectivity index is 2.08. The van der Waals surface area contributed by atoms with E-state index in [4.69, 9.17) is 0 Å². The van der Waals surface area contributed by atoms with Crippen LogP contribution < -0.4 is 5.32 Å². The fraction of sp³-hybridized carbons (Fsp3) is 0.588. The van der Waals surface area contributed by atoms with E-state index in [2.05, 4.69) is 26.1 Å². The van der Waals surface area contributed by atoms with Gasteiger partial charge in [-0.3, -0.25) is 4.79 Å². The normalized spacial score (nSPS) is 17.1. The highest BCUT2D eigenvalue weighted by molar-refractivity contribution is 7.89. The topological polar surface area (TPSA) is 69.7 Å². The first kappa shape index (κ1) is 18.9. The number of hydrogen-bond acceptors (Lipinski definition) is 4. The molecule has 1 N–H and O–H groups in total. The van der Waals surface area contributed by atoms with Crippen molar-refractivity contribution in [3.63, 3.8) is 0 Å². The average Bonchev–Trinajstić information content (AvgIpc) is 2.54. The molecule has 0 bridgehead atoms. The van der Waals surface area contributed by atoms with Crippen molar-refractivity contribution in [2.24, 2.45) is 0 Å². The molecule has 1 fully saturated rings. The predicted octanol–water partition coefficient (Wildman–Crippen LogP) is 1.04. The van der Waals surface area contributed by atoms with Crippen LogP contribution in [0.4, 0.5) is 0 Å². The first-order valence-electron chi connectivity index (χ1n) is 8.19. The van der Waals surface area contributed by atoms with E-state index in [-0.39, 0.29) is 17.9 Å². The molecule has 1 aliphatic rings. The molecular formula is C17H27N3O3S. The molecule has 1 saturated heterocycles. The molecule has 0 spiro atoms. The van der Waals surface area contributed by atoms with Crippen LogP contribution >= 0.6 is 0 Å². The number of nitrogens with one attached hydrogen (secondary N) is 1. The number of sulfonamides is 1. The van der Waals surface area contributed by atoms with E-state index in [1.807, 2.05) is 12.1 Å². The number of rotatable bonds is 4. The van der Waals surface area contributed by atoms with Gasteiger partial charge in [0.1, 0.15) is 0 Å². The van der Waals surface area contributed by atoms with E-state index in [1.54, 1.807) is 24.1 Å².